The third-order valence-corrected chi connectivity index (χ3v) is 3.89. The third-order valence-electron chi connectivity index (χ3n) is 2.51. The highest BCUT2D eigenvalue weighted by atomic mass is 79.9. The Kier molecular flexibility index (Phi) is 9.02. The molecule has 2 nitrogen and oxygen atoms in total. The first-order valence-corrected chi connectivity index (χ1v) is 8.28. The Morgan fingerprint density at radius 2 is 1.95 bits per heavy atom. The lowest BCUT2D eigenvalue weighted by molar-refractivity contribution is 0.261. The lowest BCUT2D eigenvalue weighted by atomic mass is 10.2. The van der Waals surface area contributed by atoms with Crippen LogP contribution in [0.3, 0.4) is 0 Å². The smallest absolute Gasteiger partial charge is 0.0645 e. The maximum atomic E-state index is 9.11. The van der Waals surface area contributed by atoms with E-state index in [0.717, 1.165) is 24.7 Å². The molecule has 0 fully saturated rings. The predicted molar refractivity (Wildman–Crippen MR) is 86.5 cm³/mol. The number of nitrogens with zero attached hydrogens (tertiary/aromatic N) is 1. The van der Waals surface area contributed by atoms with Crippen molar-refractivity contribution in [3.8, 4) is 11.8 Å². The Hall–Kier alpha value is -0.470. The second kappa shape index (κ2) is 10.3. The molecule has 0 aliphatic heterocycles. The molecule has 0 bridgehead atoms. The molecule has 0 saturated heterocycles. The zero-order valence-electron chi connectivity index (χ0n) is 11.2. The fourth-order valence-electron chi connectivity index (χ4n) is 1.54. The normalized spacial score (nSPS) is 10.3. The maximum absolute atomic E-state index is 9.11. The molecule has 0 amide bonds. The molecule has 1 N–H and O–H groups in total. The summed E-state index contributed by atoms with van der Waals surface area (Å²) < 4.78 is 2.19. The molecule has 1 aromatic carbocycles. The van der Waals surface area contributed by atoms with E-state index in [2.05, 4.69) is 63.3 Å². The lowest BCUT2D eigenvalue weighted by Crippen LogP contribution is -2.20. The summed E-state index contributed by atoms with van der Waals surface area (Å²) in [6.45, 7) is 3.90. The summed E-state index contributed by atoms with van der Waals surface area (Å²) in [5.41, 5.74) is 1.27. The molecular formula is C15H20BrNOS. The van der Waals surface area contributed by atoms with Crippen molar-refractivity contribution in [2.24, 2.45) is 0 Å². The highest BCUT2D eigenvalue weighted by molar-refractivity contribution is 9.09. The second-order valence-electron chi connectivity index (χ2n) is 4.15. The van der Waals surface area contributed by atoms with Crippen LogP contribution in [0.1, 0.15) is 18.4 Å². The van der Waals surface area contributed by atoms with E-state index in [1.165, 1.54) is 10.5 Å². The van der Waals surface area contributed by atoms with Crippen LogP contribution in [-0.2, 0) is 0 Å². The largest absolute Gasteiger partial charge is 0.395 e. The van der Waals surface area contributed by atoms with E-state index in [1.54, 1.807) is 11.9 Å². The minimum absolute atomic E-state index is 0.186. The fraction of sp³-hybridized carbons (Fsp3) is 0.467. The van der Waals surface area contributed by atoms with Gasteiger partial charge >= 0.3 is 0 Å². The van der Waals surface area contributed by atoms with Crippen LogP contribution in [0, 0.1) is 18.8 Å². The van der Waals surface area contributed by atoms with E-state index in [9.17, 15) is 0 Å². The first-order chi connectivity index (χ1) is 9.26. The van der Waals surface area contributed by atoms with Gasteiger partial charge < -0.3 is 5.11 Å². The van der Waals surface area contributed by atoms with Crippen molar-refractivity contribution in [3.63, 3.8) is 0 Å². The minimum Gasteiger partial charge on any atom is -0.395 e. The van der Waals surface area contributed by atoms with Gasteiger partial charge in [-0.2, -0.15) is 0 Å². The Balaban J connectivity index is 2.41. The molecule has 1 aromatic rings. The highest BCUT2D eigenvalue weighted by Crippen LogP contribution is 2.22. The molecule has 0 aliphatic carbocycles. The van der Waals surface area contributed by atoms with Crippen LogP contribution in [0.25, 0.3) is 0 Å². The summed E-state index contributed by atoms with van der Waals surface area (Å²) in [6.07, 6.45) is 1.93. The predicted octanol–water partition coefficient (Wildman–Crippen LogP) is 3.47. The van der Waals surface area contributed by atoms with Crippen molar-refractivity contribution in [2.75, 3.05) is 25.0 Å². The number of alkyl halides is 1. The lowest BCUT2D eigenvalue weighted by Gasteiger charge is -2.19. The number of hydrogen-bond acceptors (Lipinski definition) is 3. The van der Waals surface area contributed by atoms with E-state index in [1.807, 2.05) is 0 Å². The molecule has 0 unspecified atom stereocenters. The molecule has 0 spiro atoms. The topological polar surface area (TPSA) is 23.5 Å². The summed E-state index contributed by atoms with van der Waals surface area (Å²) in [5, 5.41) is 9.85. The van der Waals surface area contributed by atoms with Gasteiger partial charge in [0.1, 0.15) is 0 Å². The van der Waals surface area contributed by atoms with E-state index in [0.29, 0.717) is 6.54 Å². The standard InChI is InChI=1S/C15H20BrNOS/c1-14-6-8-15(9-7-14)19-17(12-13-18)11-5-3-2-4-10-16/h6-9,18H,3,5,10-13H2,1H3. The van der Waals surface area contributed by atoms with Crippen LogP contribution < -0.4 is 0 Å². The van der Waals surface area contributed by atoms with Gasteiger partial charge in [-0.15, -0.1) is 5.92 Å². The number of benzene rings is 1. The SMILES string of the molecule is Cc1ccc(SN(CCO)CCCC#CCBr)cc1. The van der Waals surface area contributed by atoms with Crippen LogP contribution in [0.15, 0.2) is 29.2 Å². The Labute approximate surface area is 128 Å². The van der Waals surface area contributed by atoms with Gasteiger partial charge in [0.25, 0.3) is 0 Å². The molecule has 0 saturated carbocycles. The summed E-state index contributed by atoms with van der Waals surface area (Å²) in [5.74, 6) is 6.11. The molecule has 1 rings (SSSR count). The second-order valence-corrected chi connectivity index (χ2v) is 5.88. The highest BCUT2D eigenvalue weighted by Gasteiger charge is 2.05. The molecule has 19 heavy (non-hydrogen) atoms. The molecule has 4 heteroatoms. The maximum Gasteiger partial charge on any atom is 0.0645 e. The zero-order valence-corrected chi connectivity index (χ0v) is 13.6. The molecule has 0 aliphatic rings. The van der Waals surface area contributed by atoms with Crippen LogP contribution in [-0.4, -0.2) is 34.4 Å². The van der Waals surface area contributed by atoms with Crippen molar-refractivity contribution < 1.29 is 5.11 Å². The van der Waals surface area contributed by atoms with E-state index in [-0.39, 0.29) is 6.61 Å². The number of hydrogen-bond donors (Lipinski definition) is 1. The first-order valence-electron chi connectivity index (χ1n) is 6.38. The Morgan fingerprint density at radius 3 is 2.58 bits per heavy atom. The van der Waals surface area contributed by atoms with Crippen molar-refractivity contribution >= 4 is 27.9 Å². The average Bonchev–Trinajstić information content (AvgIpc) is 2.41. The van der Waals surface area contributed by atoms with Crippen molar-refractivity contribution in [1.29, 1.82) is 0 Å². The van der Waals surface area contributed by atoms with Crippen molar-refractivity contribution in [2.45, 2.75) is 24.7 Å². The number of aryl methyl sites for hydroxylation is 1. The number of aliphatic hydroxyl groups excluding tert-OH is 1. The van der Waals surface area contributed by atoms with Gasteiger partial charge in [-0.25, -0.2) is 4.31 Å². The Bertz CT molecular complexity index is 410. The number of rotatable bonds is 7. The van der Waals surface area contributed by atoms with Gasteiger partial charge in [-0.1, -0.05) is 39.5 Å². The average molecular weight is 342 g/mol. The fourth-order valence-corrected chi connectivity index (χ4v) is 2.69. The van der Waals surface area contributed by atoms with Crippen LogP contribution in [0.4, 0.5) is 0 Å². The molecule has 104 valence electrons. The quantitative estimate of drug-likeness (QED) is 0.355. The number of unbranched alkanes of at least 4 members (excludes halogenated alkanes) is 1. The van der Waals surface area contributed by atoms with Gasteiger partial charge in [0.2, 0.25) is 0 Å². The van der Waals surface area contributed by atoms with Gasteiger partial charge in [0.15, 0.2) is 0 Å². The number of aliphatic hydroxyl groups is 1. The summed E-state index contributed by atoms with van der Waals surface area (Å²) in [4.78, 5) is 1.21. The summed E-state index contributed by atoms with van der Waals surface area (Å²) >= 11 is 4.99. The van der Waals surface area contributed by atoms with E-state index in [4.69, 9.17) is 5.11 Å². The minimum atomic E-state index is 0.186. The van der Waals surface area contributed by atoms with Crippen molar-refractivity contribution in [3.05, 3.63) is 29.8 Å². The van der Waals surface area contributed by atoms with Gasteiger partial charge in [0, 0.05) is 24.4 Å². The van der Waals surface area contributed by atoms with Crippen LogP contribution in [0.2, 0.25) is 0 Å². The van der Waals surface area contributed by atoms with E-state index >= 15 is 0 Å². The monoisotopic (exact) mass is 341 g/mol. The zero-order chi connectivity index (χ0) is 13.9. The first kappa shape index (κ1) is 16.6. The molecule has 0 aromatic heterocycles. The van der Waals surface area contributed by atoms with Crippen LogP contribution in [0.5, 0.6) is 0 Å². The van der Waals surface area contributed by atoms with Gasteiger partial charge in [-0.3, -0.25) is 0 Å². The van der Waals surface area contributed by atoms with Gasteiger partial charge in [-0.05, 0) is 37.4 Å². The molecular weight excluding hydrogens is 322 g/mol. The van der Waals surface area contributed by atoms with E-state index < -0.39 is 0 Å². The molecule has 0 atom stereocenters. The molecule has 0 radical (unpaired) electrons. The third kappa shape index (κ3) is 7.64. The number of halogens is 1. The Morgan fingerprint density at radius 1 is 1.21 bits per heavy atom. The van der Waals surface area contributed by atoms with Crippen molar-refractivity contribution in [1.82, 2.24) is 4.31 Å². The molecule has 0 heterocycles. The summed E-state index contributed by atoms with van der Waals surface area (Å²) in [6, 6.07) is 8.46. The van der Waals surface area contributed by atoms with Crippen LogP contribution >= 0.6 is 27.9 Å². The van der Waals surface area contributed by atoms with Gasteiger partial charge in [0.05, 0.1) is 11.9 Å². The summed E-state index contributed by atoms with van der Waals surface area (Å²) in [7, 11) is 0.